The van der Waals surface area contributed by atoms with Gasteiger partial charge < -0.3 is 10.1 Å². The molecule has 6 nitrogen and oxygen atoms in total. The molecule has 0 saturated carbocycles. The van der Waals surface area contributed by atoms with Gasteiger partial charge in [0.2, 0.25) is 0 Å². The molecule has 0 fully saturated rings. The van der Waals surface area contributed by atoms with Crippen LogP contribution in [0.15, 0.2) is 42.5 Å². The third-order valence-electron chi connectivity index (χ3n) is 2.91. The van der Waals surface area contributed by atoms with Crippen molar-refractivity contribution in [1.29, 1.82) is 0 Å². The van der Waals surface area contributed by atoms with Gasteiger partial charge >= 0.3 is 0 Å². The van der Waals surface area contributed by atoms with E-state index in [1.165, 1.54) is 18.2 Å². The Hall–Kier alpha value is -2.31. The molecule has 0 heterocycles. The van der Waals surface area contributed by atoms with Gasteiger partial charge in [0.15, 0.2) is 6.10 Å². The average molecular weight is 355 g/mol. The topological polar surface area (TPSA) is 81.5 Å². The maximum absolute atomic E-state index is 12.1. The number of halogens is 2. The van der Waals surface area contributed by atoms with E-state index in [9.17, 15) is 14.9 Å². The third-order valence-corrected chi connectivity index (χ3v) is 3.50. The van der Waals surface area contributed by atoms with Gasteiger partial charge in [0, 0.05) is 17.2 Å². The molecule has 0 spiro atoms. The van der Waals surface area contributed by atoms with Gasteiger partial charge in [-0.3, -0.25) is 14.9 Å². The van der Waals surface area contributed by atoms with Crippen molar-refractivity contribution in [2.45, 2.75) is 13.0 Å². The number of carbonyl (C=O) groups is 1. The Balaban J connectivity index is 2.07. The van der Waals surface area contributed by atoms with Crippen LogP contribution in [0.5, 0.6) is 5.75 Å². The molecule has 0 aromatic heterocycles. The summed E-state index contributed by atoms with van der Waals surface area (Å²) in [6, 6.07) is 10.3. The van der Waals surface area contributed by atoms with Crippen molar-refractivity contribution in [3.63, 3.8) is 0 Å². The Morgan fingerprint density at radius 2 is 1.87 bits per heavy atom. The highest BCUT2D eigenvalue weighted by atomic mass is 35.5. The molecule has 1 N–H and O–H groups in total. The number of nitro benzene ring substituents is 1. The molecule has 0 aliphatic heterocycles. The van der Waals surface area contributed by atoms with E-state index < -0.39 is 16.9 Å². The average Bonchev–Trinajstić information content (AvgIpc) is 2.51. The van der Waals surface area contributed by atoms with E-state index in [0.29, 0.717) is 10.8 Å². The number of hydrogen-bond acceptors (Lipinski definition) is 4. The second kappa shape index (κ2) is 7.30. The molecule has 1 amide bonds. The van der Waals surface area contributed by atoms with Crippen LogP contribution in [-0.4, -0.2) is 16.9 Å². The first-order valence-corrected chi connectivity index (χ1v) is 7.29. The first-order valence-electron chi connectivity index (χ1n) is 6.54. The zero-order chi connectivity index (χ0) is 17.0. The fraction of sp³-hybridized carbons (Fsp3) is 0.133. The van der Waals surface area contributed by atoms with Gasteiger partial charge in [0.1, 0.15) is 5.75 Å². The monoisotopic (exact) mass is 354 g/mol. The number of carbonyl (C=O) groups excluding carboxylic acids is 1. The smallest absolute Gasteiger partial charge is 0.271 e. The predicted octanol–water partition coefficient (Wildman–Crippen LogP) is 4.31. The number of non-ortho nitro benzene ring substituents is 1. The molecule has 1 atom stereocenters. The molecule has 0 aliphatic rings. The van der Waals surface area contributed by atoms with Crippen molar-refractivity contribution in [2.75, 3.05) is 5.32 Å². The summed E-state index contributed by atoms with van der Waals surface area (Å²) < 4.78 is 5.47. The van der Waals surface area contributed by atoms with Crippen LogP contribution < -0.4 is 10.1 Å². The molecule has 23 heavy (non-hydrogen) atoms. The summed E-state index contributed by atoms with van der Waals surface area (Å²) in [6.07, 6.45) is -0.827. The highest BCUT2D eigenvalue weighted by Gasteiger charge is 2.18. The normalized spacial score (nSPS) is 11.6. The molecule has 2 aromatic carbocycles. The van der Waals surface area contributed by atoms with Crippen LogP contribution in [0, 0.1) is 10.1 Å². The van der Waals surface area contributed by atoms with Crippen LogP contribution >= 0.6 is 23.2 Å². The first kappa shape index (κ1) is 17.1. The molecule has 2 rings (SSSR count). The maximum atomic E-state index is 12.1. The number of rotatable bonds is 5. The fourth-order valence-corrected chi connectivity index (χ4v) is 2.02. The summed E-state index contributed by atoms with van der Waals surface area (Å²) in [6.45, 7) is 1.55. The van der Waals surface area contributed by atoms with E-state index in [1.54, 1.807) is 31.2 Å². The molecule has 0 saturated heterocycles. The largest absolute Gasteiger partial charge is 0.481 e. The van der Waals surface area contributed by atoms with E-state index in [4.69, 9.17) is 27.9 Å². The Morgan fingerprint density at radius 3 is 2.48 bits per heavy atom. The van der Waals surface area contributed by atoms with E-state index in [2.05, 4.69) is 5.32 Å². The van der Waals surface area contributed by atoms with Gasteiger partial charge in [0.25, 0.3) is 11.6 Å². The lowest BCUT2D eigenvalue weighted by molar-refractivity contribution is -0.384. The molecule has 0 unspecified atom stereocenters. The highest BCUT2D eigenvalue weighted by Crippen LogP contribution is 2.27. The molecular weight excluding hydrogens is 343 g/mol. The lowest BCUT2D eigenvalue weighted by Crippen LogP contribution is -2.30. The Labute approximate surface area is 142 Å². The van der Waals surface area contributed by atoms with E-state index in [1.807, 2.05) is 0 Å². The first-order chi connectivity index (χ1) is 10.9. The summed E-state index contributed by atoms with van der Waals surface area (Å²) in [4.78, 5) is 22.3. The number of ether oxygens (including phenoxy) is 1. The minimum Gasteiger partial charge on any atom is -0.481 e. The molecule has 0 radical (unpaired) electrons. The number of anilines is 1. The van der Waals surface area contributed by atoms with Gasteiger partial charge in [-0.2, -0.15) is 0 Å². The third kappa shape index (κ3) is 4.58. The second-order valence-electron chi connectivity index (χ2n) is 4.62. The summed E-state index contributed by atoms with van der Waals surface area (Å²) in [7, 11) is 0. The highest BCUT2D eigenvalue weighted by molar-refractivity contribution is 6.33. The molecular formula is C15H12Cl2N2O4. The van der Waals surface area contributed by atoms with Crippen LogP contribution in [0.2, 0.25) is 10.0 Å². The predicted molar refractivity (Wildman–Crippen MR) is 88.3 cm³/mol. The van der Waals surface area contributed by atoms with Crippen molar-refractivity contribution < 1.29 is 14.5 Å². The summed E-state index contributed by atoms with van der Waals surface area (Å²) >= 11 is 11.7. The standard InChI is InChI=1S/C15H12Cl2N2O4/c1-9(23-12-5-2-10(16)3-6-12)15(20)18-14-8-11(19(21)22)4-7-13(14)17/h2-9H,1H3,(H,18,20)/t9-/m0/s1. The van der Waals surface area contributed by atoms with E-state index >= 15 is 0 Å². The summed E-state index contributed by atoms with van der Waals surface area (Å²) in [5.41, 5.74) is -0.0200. The molecule has 2 aromatic rings. The van der Waals surface area contributed by atoms with Crippen molar-refractivity contribution in [3.8, 4) is 5.75 Å². The zero-order valence-electron chi connectivity index (χ0n) is 12.0. The van der Waals surface area contributed by atoms with E-state index in [-0.39, 0.29) is 16.4 Å². The molecule has 0 bridgehead atoms. The van der Waals surface area contributed by atoms with Crippen molar-refractivity contribution in [2.24, 2.45) is 0 Å². The number of nitrogens with zero attached hydrogens (tertiary/aromatic N) is 1. The van der Waals surface area contributed by atoms with Crippen LogP contribution in [-0.2, 0) is 4.79 Å². The Kier molecular flexibility index (Phi) is 5.41. The summed E-state index contributed by atoms with van der Waals surface area (Å²) in [5.74, 6) is -0.00969. The van der Waals surface area contributed by atoms with Crippen molar-refractivity contribution in [1.82, 2.24) is 0 Å². The van der Waals surface area contributed by atoms with Crippen LogP contribution in [0.25, 0.3) is 0 Å². The van der Waals surface area contributed by atoms with Gasteiger partial charge in [-0.15, -0.1) is 0 Å². The van der Waals surface area contributed by atoms with Crippen LogP contribution in [0.1, 0.15) is 6.92 Å². The van der Waals surface area contributed by atoms with Gasteiger partial charge in [0.05, 0.1) is 15.6 Å². The zero-order valence-corrected chi connectivity index (χ0v) is 13.5. The van der Waals surface area contributed by atoms with Crippen molar-refractivity contribution in [3.05, 3.63) is 62.6 Å². The lowest BCUT2D eigenvalue weighted by Gasteiger charge is -2.15. The van der Waals surface area contributed by atoms with Crippen LogP contribution in [0.3, 0.4) is 0 Å². The molecule has 120 valence electrons. The van der Waals surface area contributed by atoms with Gasteiger partial charge in [-0.1, -0.05) is 23.2 Å². The van der Waals surface area contributed by atoms with Gasteiger partial charge in [-0.25, -0.2) is 0 Å². The minimum atomic E-state index is -0.827. The quantitative estimate of drug-likeness (QED) is 0.640. The Bertz CT molecular complexity index is 735. The Morgan fingerprint density at radius 1 is 1.22 bits per heavy atom. The van der Waals surface area contributed by atoms with Crippen LogP contribution in [0.4, 0.5) is 11.4 Å². The van der Waals surface area contributed by atoms with E-state index in [0.717, 1.165) is 0 Å². The lowest BCUT2D eigenvalue weighted by atomic mass is 10.2. The fourth-order valence-electron chi connectivity index (χ4n) is 1.73. The summed E-state index contributed by atoms with van der Waals surface area (Å²) in [5, 5.41) is 14.0. The number of nitrogens with one attached hydrogen (secondary N) is 1. The number of amides is 1. The minimum absolute atomic E-state index is 0.150. The second-order valence-corrected chi connectivity index (χ2v) is 5.47. The molecule has 0 aliphatic carbocycles. The SMILES string of the molecule is C[C@H](Oc1ccc(Cl)cc1)C(=O)Nc1cc([N+](=O)[O-])ccc1Cl. The number of hydrogen-bond donors (Lipinski definition) is 1. The number of nitro groups is 1. The molecule has 8 heteroatoms. The van der Waals surface area contributed by atoms with Crippen molar-refractivity contribution >= 4 is 40.5 Å². The van der Waals surface area contributed by atoms with Gasteiger partial charge in [-0.05, 0) is 37.3 Å². The maximum Gasteiger partial charge on any atom is 0.271 e. The number of benzene rings is 2.